The lowest BCUT2D eigenvalue weighted by Gasteiger charge is -1.97. The number of fused-ring (bicyclic) bond motifs is 1. The molecule has 0 aliphatic carbocycles. The molecule has 0 bridgehead atoms. The standard InChI is InChI=1S/C12H11N3O/c1-9(16)15-14-8-10-6-11-4-2-3-5-12(11)13-7-10/h2-8H,1H3,(H,15,16). The van der Waals surface area contributed by atoms with Crippen molar-refractivity contribution in [3.05, 3.63) is 42.1 Å². The van der Waals surface area contributed by atoms with Gasteiger partial charge in [-0.2, -0.15) is 5.10 Å². The second-order valence-electron chi connectivity index (χ2n) is 3.39. The molecule has 2 aromatic rings. The van der Waals surface area contributed by atoms with Crippen LogP contribution in [-0.4, -0.2) is 17.1 Å². The molecule has 4 heteroatoms. The van der Waals surface area contributed by atoms with Crippen LogP contribution in [-0.2, 0) is 4.79 Å². The van der Waals surface area contributed by atoms with Crippen molar-refractivity contribution in [3.8, 4) is 0 Å². The highest BCUT2D eigenvalue weighted by Crippen LogP contribution is 2.11. The van der Waals surface area contributed by atoms with Crippen LogP contribution in [0.15, 0.2) is 41.6 Å². The molecule has 1 N–H and O–H groups in total. The van der Waals surface area contributed by atoms with Crippen LogP contribution < -0.4 is 5.43 Å². The minimum atomic E-state index is -0.190. The molecule has 0 aliphatic heterocycles. The molecule has 80 valence electrons. The minimum absolute atomic E-state index is 0.190. The van der Waals surface area contributed by atoms with Crippen molar-refractivity contribution in [1.29, 1.82) is 0 Å². The van der Waals surface area contributed by atoms with Gasteiger partial charge in [-0.15, -0.1) is 0 Å². The third-order valence-corrected chi connectivity index (χ3v) is 2.05. The van der Waals surface area contributed by atoms with E-state index in [-0.39, 0.29) is 5.91 Å². The molecular weight excluding hydrogens is 202 g/mol. The fourth-order valence-electron chi connectivity index (χ4n) is 1.36. The predicted molar refractivity (Wildman–Crippen MR) is 63.2 cm³/mol. The molecule has 1 amide bonds. The first-order chi connectivity index (χ1) is 7.75. The lowest BCUT2D eigenvalue weighted by molar-refractivity contribution is -0.118. The number of pyridine rings is 1. The van der Waals surface area contributed by atoms with Crippen LogP contribution in [0.3, 0.4) is 0 Å². The number of hydrazone groups is 1. The lowest BCUT2D eigenvalue weighted by atomic mass is 10.2. The molecule has 16 heavy (non-hydrogen) atoms. The Hall–Kier alpha value is -2.23. The number of carbonyl (C=O) groups excluding carboxylic acids is 1. The van der Waals surface area contributed by atoms with E-state index in [0.717, 1.165) is 16.5 Å². The van der Waals surface area contributed by atoms with Gasteiger partial charge in [0.15, 0.2) is 0 Å². The lowest BCUT2D eigenvalue weighted by Crippen LogP contribution is -2.12. The van der Waals surface area contributed by atoms with Gasteiger partial charge in [0.05, 0.1) is 11.7 Å². The molecule has 0 saturated heterocycles. The number of nitrogens with one attached hydrogen (secondary N) is 1. The molecule has 0 unspecified atom stereocenters. The second-order valence-corrected chi connectivity index (χ2v) is 3.39. The van der Waals surface area contributed by atoms with E-state index in [1.807, 2.05) is 30.3 Å². The maximum absolute atomic E-state index is 10.6. The minimum Gasteiger partial charge on any atom is -0.274 e. The Bertz CT molecular complexity index is 549. The summed E-state index contributed by atoms with van der Waals surface area (Å²) in [6, 6.07) is 9.80. The first kappa shape index (κ1) is 10.3. The Morgan fingerprint density at radius 1 is 1.44 bits per heavy atom. The van der Waals surface area contributed by atoms with Gasteiger partial charge in [0, 0.05) is 24.1 Å². The largest absolute Gasteiger partial charge is 0.274 e. The number of amides is 1. The summed E-state index contributed by atoms with van der Waals surface area (Å²) in [5.41, 5.74) is 4.14. The Morgan fingerprint density at radius 3 is 3.06 bits per heavy atom. The summed E-state index contributed by atoms with van der Waals surface area (Å²) in [4.78, 5) is 14.9. The highest BCUT2D eigenvalue weighted by Gasteiger charge is 1.94. The maximum atomic E-state index is 10.6. The topological polar surface area (TPSA) is 54.4 Å². The van der Waals surface area contributed by atoms with Crippen LogP contribution in [0.4, 0.5) is 0 Å². The van der Waals surface area contributed by atoms with Gasteiger partial charge in [-0.05, 0) is 12.1 Å². The van der Waals surface area contributed by atoms with Crippen molar-refractivity contribution < 1.29 is 4.79 Å². The molecule has 0 atom stereocenters. The van der Waals surface area contributed by atoms with Gasteiger partial charge in [-0.1, -0.05) is 18.2 Å². The molecule has 0 radical (unpaired) electrons. The van der Waals surface area contributed by atoms with Crippen molar-refractivity contribution in [3.63, 3.8) is 0 Å². The van der Waals surface area contributed by atoms with Crippen LogP contribution in [0.5, 0.6) is 0 Å². The van der Waals surface area contributed by atoms with Crippen molar-refractivity contribution in [2.75, 3.05) is 0 Å². The number of hydrogen-bond acceptors (Lipinski definition) is 3. The summed E-state index contributed by atoms with van der Waals surface area (Å²) in [6.07, 6.45) is 3.29. The Kier molecular flexibility index (Phi) is 2.91. The average molecular weight is 213 g/mol. The monoisotopic (exact) mass is 213 g/mol. The molecule has 1 aromatic heterocycles. The summed E-state index contributed by atoms with van der Waals surface area (Å²) in [6.45, 7) is 1.41. The van der Waals surface area contributed by atoms with Gasteiger partial charge in [-0.3, -0.25) is 9.78 Å². The van der Waals surface area contributed by atoms with E-state index in [4.69, 9.17) is 0 Å². The van der Waals surface area contributed by atoms with Crippen LogP contribution in [0.1, 0.15) is 12.5 Å². The summed E-state index contributed by atoms with van der Waals surface area (Å²) in [7, 11) is 0. The van der Waals surface area contributed by atoms with Crippen molar-refractivity contribution in [2.45, 2.75) is 6.92 Å². The molecule has 0 spiro atoms. The number of nitrogens with zero attached hydrogens (tertiary/aromatic N) is 2. The highest BCUT2D eigenvalue weighted by atomic mass is 16.2. The smallest absolute Gasteiger partial charge is 0.236 e. The number of hydrogen-bond donors (Lipinski definition) is 1. The Labute approximate surface area is 93.0 Å². The van der Waals surface area contributed by atoms with Crippen LogP contribution in [0.25, 0.3) is 10.9 Å². The van der Waals surface area contributed by atoms with Crippen molar-refractivity contribution >= 4 is 23.0 Å². The summed E-state index contributed by atoms with van der Waals surface area (Å²) >= 11 is 0. The Morgan fingerprint density at radius 2 is 2.25 bits per heavy atom. The molecule has 1 heterocycles. The number of carbonyl (C=O) groups is 1. The van der Waals surface area contributed by atoms with Crippen LogP contribution >= 0.6 is 0 Å². The zero-order chi connectivity index (χ0) is 11.4. The molecule has 2 rings (SSSR count). The van der Waals surface area contributed by atoms with Crippen LogP contribution in [0.2, 0.25) is 0 Å². The average Bonchev–Trinajstić information content (AvgIpc) is 2.28. The van der Waals surface area contributed by atoms with Gasteiger partial charge in [-0.25, -0.2) is 5.43 Å². The molecule has 1 aromatic carbocycles. The molecule has 0 fully saturated rings. The van der Waals surface area contributed by atoms with Gasteiger partial charge in [0.25, 0.3) is 0 Å². The SMILES string of the molecule is CC(=O)NN=Cc1cnc2ccccc2c1. The summed E-state index contributed by atoms with van der Waals surface area (Å²) in [5.74, 6) is -0.190. The molecular formula is C12H11N3O. The first-order valence-electron chi connectivity index (χ1n) is 4.90. The van der Waals surface area contributed by atoms with E-state index in [2.05, 4.69) is 15.5 Å². The first-order valence-corrected chi connectivity index (χ1v) is 4.90. The van der Waals surface area contributed by atoms with Gasteiger partial charge >= 0.3 is 0 Å². The van der Waals surface area contributed by atoms with Gasteiger partial charge in [0.1, 0.15) is 0 Å². The second kappa shape index (κ2) is 4.53. The molecule has 0 saturated carbocycles. The number of para-hydroxylation sites is 1. The fraction of sp³-hybridized carbons (Fsp3) is 0.0833. The van der Waals surface area contributed by atoms with E-state index < -0.39 is 0 Å². The summed E-state index contributed by atoms with van der Waals surface area (Å²) in [5, 5.41) is 4.83. The van der Waals surface area contributed by atoms with E-state index >= 15 is 0 Å². The molecule has 0 aliphatic rings. The van der Waals surface area contributed by atoms with Crippen molar-refractivity contribution in [2.24, 2.45) is 5.10 Å². The van der Waals surface area contributed by atoms with Gasteiger partial charge < -0.3 is 0 Å². The van der Waals surface area contributed by atoms with Gasteiger partial charge in [0.2, 0.25) is 5.91 Å². The predicted octanol–water partition coefficient (Wildman–Crippen LogP) is 1.70. The third-order valence-electron chi connectivity index (χ3n) is 2.05. The quantitative estimate of drug-likeness (QED) is 0.609. The fourth-order valence-corrected chi connectivity index (χ4v) is 1.36. The number of rotatable bonds is 2. The highest BCUT2D eigenvalue weighted by molar-refractivity contribution is 5.88. The molecule has 4 nitrogen and oxygen atoms in total. The van der Waals surface area contributed by atoms with E-state index in [1.54, 1.807) is 12.4 Å². The normalized spacial score (nSPS) is 10.8. The van der Waals surface area contributed by atoms with Crippen molar-refractivity contribution in [1.82, 2.24) is 10.4 Å². The zero-order valence-corrected chi connectivity index (χ0v) is 8.84. The number of aromatic nitrogens is 1. The third kappa shape index (κ3) is 2.42. The van der Waals surface area contributed by atoms with Crippen LogP contribution in [0, 0.1) is 0 Å². The number of benzene rings is 1. The Balaban J connectivity index is 2.26. The maximum Gasteiger partial charge on any atom is 0.236 e. The van der Waals surface area contributed by atoms with E-state index in [0.29, 0.717) is 0 Å². The zero-order valence-electron chi connectivity index (χ0n) is 8.84. The van der Waals surface area contributed by atoms with E-state index in [1.165, 1.54) is 6.92 Å². The van der Waals surface area contributed by atoms with E-state index in [9.17, 15) is 4.79 Å². The summed E-state index contributed by atoms with van der Waals surface area (Å²) < 4.78 is 0.